The van der Waals surface area contributed by atoms with E-state index in [-0.39, 0.29) is 16.2 Å². The average molecular weight is 395 g/mol. The Labute approximate surface area is 157 Å². The van der Waals surface area contributed by atoms with E-state index in [9.17, 15) is 18.3 Å². The lowest BCUT2D eigenvalue weighted by atomic mass is 10.1. The lowest BCUT2D eigenvalue weighted by molar-refractivity contribution is 0.0682. The molecule has 0 aliphatic carbocycles. The van der Waals surface area contributed by atoms with Gasteiger partial charge in [-0.15, -0.1) is 11.3 Å². The molecule has 6 nitrogen and oxygen atoms in total. The Bertz CT molecular complexity index is 846. The number of amides is 1. The summed E-state index contributed by atoms with van der Waals surface area (Å²) in [5, 5.41) is 11.3. The number of rotatable bonds is 6. The summed E-state index contributed by atoms with van der Waals surface area (Å²) in [5.41, 5.74) is 0.929. The van der Waals surface area contributed by atoms with Gasteiger partial charge in [0.1, 0.15) is 4.21 Å². The molecule has 1 aromatic heterocycles. The number of carbonyl (C=O) groups is 1. The fraction of sp³-hybridized carbons (Fsp3) is 0.389. The molecule has 2 heterocycles. The SMILES string of the molecule is C[C@H](O)C[C@@H]1CCCN1C(=O)c1ccc(NS(=O)(=O)c2cccs2)cc1. The topological polar surface area (TPSA) is 86.7 Å². The Balaban J connectivity index is 1.70. The number of benzene rings is 1. The number of aliphatic hydroxyl groups excluding tert-OH is 1. The lowest BCUT2D eigenvalue weighted by Gasteiger charge is -2.25. The maximum Gasteiger partial charge on any atom is 0.271 e. The van der Waals surface area contributed by atoms with Crippen molar-refractivity contribution in [2.24, 2.45) is 0 Å². The van der Waals surface area contributed by atoms with Crippen molar-refractivity contribution in [2.45, 2.75) is 42.5 Å². The number of thiophene rings is 1. The summed E-state index contributed by atoms with van der Waals surface area (Å²) < 4.78 is 27.2. The second-order valence-electron chi connectivity index (χ2n) is 6.49. The van der Waals surface area contributed by atoms with Crippen molar-refractivity contribution < 1.29 is 18.3 Å². The normalized spacial score (nSPS) is 18.7. The van der Waals surface area contributed by atoms with Crippen LogP contribution in [0.25, 0.3) is 0 Å². The van der Waals surface area contributed by atoms with Gasteiger partial charge in [-0.25, -0.2) is 8.42 Å². The smallest absolute Gasteiger partial charge is 0.271 e. The van der Waals surface area contributed by atoms with Crippen LogP contribution in [0, 0.1) is 0 Å². The number of aliphatic hydroxyl groups is 1. The van der Waals surface area contributed by atoms with Gasteiger partial charge in [0.2, 0.25) is 0 Å². The molecule has 1 amide bonds. The summed E-state index contributed by atoms with van der Waals surface area (Å²) in [6, 6.07) is 9.73. The molecule has 140 valence electrons. The number of likely N-dealkylation sites (tertiary alicyclic amines) is 1. The molecule has 2 aromatic rings. The highest BCUT2D eigenvalue weighted by Gasteiger charge is 2.30. The predicted octanol–water partition coefficient (Wildman–Crippen LogP) is 2.92. The van der Waals surface area contributed by atoms with Crippen LogP contribution >= 0.6 is 11.3 Å². The van der Waals surface area contributed by atoms with Crippen molar-refractivity contribution in [3.8, 4) is 0 Å². The first kappa shape index (κ1) is 18.9. The van der Waals surface area contributed by atoms with Crippen LogP contribution in [0.4, 0.5) is 5.69 Å². The van der Waals surface area contributed by atoms with Crippen molar-refractivity contribution in [1.82, 2.24) is 4.90 Å². The Morgan fingerprint density at radius 2 is 2.08 bits per heavy atom. The standard InChI is InChI=1S/C18H22N2O4S2/c1-13(21)12-16-4-2-10-20(16)18(22)14-6-8-15(9-7-14)19-26(23,24)17-5-3-11-25-17/h3,5-9,11,13,16,19,21H,2,4,10,12H2,1H3/t13-,16-/m0/s1. The first-order valence-electron chi connectivity index (χ1n) is 8.52. The highest BCUT2D eigenvalue weighted by molar-refractivity contribution is 7.94. The predicted molar refractivity (Wildman–Crippen MR) is 102 cm³/mol. The van der Waals surface area contributed by atoms with E-state index in [0.717, 1.165) is 24.2 Å². The zero-order valence-electron chi connectivity index (χ0n) is 14.5. The molecular formula is C18H22N2O4S2. The molecular weight excluding hydrogens is 372 g/mol. The van der Waals surface area contributed by atoms with E-state index in [0.29, 0.717) is 24.2 Å². The first-order valence-corrected chi connectivity index (χ1v) is 10.9. The van der Waals surface area contributed by atoms with Crippen LogP contribution in [-0.2, 0) is 10.0 Å². The Hall–Kier alpha value is -1.90. The summed E-state index contributed by atoms with van der Waals surface area (Å²) >= 11 is 1.15. The highest BCUT2D eigenvalue weighted by Crippen LogP contribution is 2.25. The minimum absolute atomic E-state index is 0.0551. The zero-order chi connectivity index (χ0) is 18.7. The molecule has 3 rings (SSSR count). The van der Waals surface area contributed by atoms with E-state index >= 15 is 0 Å². The molecule has 0 bridgehead atoms. The Kier molecular flexibility index (Phi) is 5.64. The molecule has 1 aromatic carbocycles. The largest absolute Gasteiger partial charge is 0.393 e. The molecule has 2 atom stereocenters. The van der Waals surface area contributed by atoms with Gasteiger partial charge in [0.05, 0.1) is 6.10 Å². The van der Waals surface area contributed by atoms with Crippen LogP contribution in [0.5, 0.6) is 0 Å². The van der Waals surface area contributed by atoms with Crippen LogP contribution < -0.4 is 4.72 Å². The minimum atomic E-state index is -3.60. The molecule has 1 fully saturated rings. The van der Waals surface area contributed by atoms with E-state index in [4.69, 9.17) is 0 Å². The van der Waals surface area contributed by atoms with E-state index in [1.54, 1.807) is 53.6 Å². The number of carbonyl (C=O) groups excluding carboxylic acids is 1. The molecule has 0 unspecified atom stereocenters. The molecule has 0 saturated carbocycles. The maximum atomic E-state index is 12.7. The molecule has 8 heteroatoms. The second-order valence-corrected chi connectivity index (χ2v) is 9.35. The van der Waals surface area contributed by atoms with Gasteiger partial charge in [-0.3, -0.25) is 9.52 Å². The fourth-order valence-corrected chi connectivity index (χ4v) is 5.26. The zero-order valence-corrected chi connectivity index (χ0v) is 16.1. The monoisotopic (exact) mass is 394 g/mol. The number of nitrogens with zero attached hydrogens (tertiary/aromatic N) is 1. The van der Waals surface area contributed by atoms with Gasteiger partial charge in [0, 0.05) is 23.8 Å². The third-order valence-corrected chi connectivity index (χ3v) is 7.17. The lowest BCUT2D eigenvalue weighted by Crippen LogP contribution is -2.37. The highest BCUT2D eigenvalue weighted by atomic mass is 32.2. The van der Waals surface area contributed by atoms with Crippen molar-refractivity contribution in [3.05, 3.63) is 47.3 Å². The summed E-state index contributed by atoms with van der Waals surface area (Å²) in [6.45, 7) is 2.42. The van der Waals surface area contributed by atoms with Crippen molar-refractivity contribution in [1.29, 1.82) is 0 Å². The summed E-state index contributed by atoms with van der Waals surface area (Å²) in [5.74, 6) is -0.0826. The van der Waals surface area contributed by atoms with Gasteiger partial charge in [-0.1, -0.05) is 6.07 Å². The quantitative estimate of drug-likeness (QED) is 0.789. The van der Waals surface area contributed by atoms with Gasteiger partial charge in [-0.2, -0.15) is 0 Å². The number of nitrogens with one attached hydrogen (secondary N) is 1. The maximum absolute atomic E-state index is 12.7. The van der Waals surface area contributed by atoms with Gasteiger partial charge >= 0.3 is 0 Å². The molecule has 1 saturated heterocycles. The number of anilines is 1. The number of sulfonamides is 1. The third-order valence-electron chi connectivity index (χ3n) is 4.40. The fourth-order valence-electron chi connectivity index (χ4n) is 3.21. The number of hydrogen-bond acceptors (Lipinski definition) is 5. The number of hydrogen-bond donors (Lipinski definition) is 2. The van der Waals surface area contributed by atoms with Gasteiger partial charge < -0.3 is 10.0 Å². The van der Waals surface area contributed by atoms with Crippen molar-refractivity contribution in [2.75, 3.05) is 11.3 Å². The van der Waals surface area contributed by atoms with Gasteiger partial charge in [-0.05, 0) is 61.9 Å². The summed E-state index contributed by atoms with van der Waals surface area (Å²) in [6.07, 6.45) is 1.96. The molecule has 2 N–H and O–H groups in total. The van der Waals surface area contributed by atoms with Crippen molar-refractivity contribution >= 4 is 33.0 Å². The van der Waals surface area contributed by atoms with Gasteiger partial charge in [0.15, 0.2) is 0 Å². The van der Waals surface area contributed by atoms with E-state index in [1.165, 1.54) is 0 Å². The van der Waals surface area contributed by atoms with Crippen LogP contribution in [0.1, 0.15) is 36.5 Å². The van der Waals surface area contributed by atoms with Crippen molar-refractivity contribution in [3.63, 3.8) is 0 Å². The van der Waals surface area contributed by atoms with Crippen LogP contribution in [-0.4, -0.2) is 43.0 Å². The molecule has 1 aliphatic rings. The third kappa shape index (κ3) is 4.25. The minimum Gasteiger partial charge on any atom is -0.393 e. The first-order chi connectivity index (χ1) is 12.4. The van der Waals surface area contributed by atoms with Gasteiger partial charge in [0.25, 0.3) is 15.9 Å². The molecule has 26 heavy (non-hydrogen) atoms. The Morgan fingerprint density at radius 1 is 1.35 bits per heavy atom. The van der Waals surface area contributed by atoms with Crippen LogP contribution in [0.15, 0.2) is 46.0 Å². The molecule has 0 spiro atoms. The second kappa shape index (κ2) is 7.77. The van der Waals surface area contributed by atoms with Crippen LogP contribution in [0.2, 0.25) is 0 Å². The van der Waals surface area contributed by atoms with E-state index in [2.05, 4.69) is 4.72 Å². The molecule has 1 aliphatic heterocycles. The summed E-state index contributed by atoms with van der Waals surface area (Å²) in [4.78, 5) is 14.5. The van der Waals surface area contributed by atoms with E-state index < -0.39 is 16.1 Å². The molecule has 0 radical (unpaired) electrons. The van der Waals surface area contributed by atoms with Crippen LogP contribution in [0.3, 0.4) is 0 Å². The average Bonchev–Trinajstić information content (AvgIpc) is 3.26. The van der Waals surface area contributed by atoms with E-state index in [1.807, 2.05) is 0 Å². The Morgan fingerprint density at radius 3 is 2.69 bits per heavy atom. The summed E-state index contributed by atoms with van der Waals surface area (Å²) in [7, 11) is -3.60.